The number of nitrogens with zero attached hydrogens (tertiary/aromatic N) is 2. The van der Waals surface area contributed by atoms with Crippen molar-refractivity contribution >= 4 is 35.6 Å². The number of hydrogen-bond donors (Lipinski definition) is 2. The van der Waals surface area contributed by atoms with E-state index in [1.54, 1.807) is 0 Å². The molecule has 23 heavy (non-hydrogen) atoms. The van der Waals surface area contributed by atoms with Gasteiger partial charge in [-0.05, 0) is 30.5 Å². The van der Waals surface area contributed by atoms with Gasteiger partial charge in [0.2, 0.25) is 0 Å². The van der Waals surface area contributed by atoms with Gasteiger partial charge < -0.3 is 11.1 Å². The number of hydrogen-bond acceptors (Lipinski definition) is 2. The van der Waals surface area contributed by atoms with Crippen LogP contribution in [0.25, 0.3) is 0 Å². The standard InChI is InChI=1S/C15H21F3N4.HI/c1-2-11-3-5-12(6-4-11)20-14(19)21-13-7-8-22(9-13)10-15(16,17)18;/h3-6,13H,2,7-10H2,1H3,(H3,19,20,21);1H. The molecular weight excluding hydrogens is 420 g/mol. The summed E-state index contributed by atoms with van der Waals surface area (Å²) in [4.78, 5) is 5.63. The summed E-state index contributed by atoms with van der Waals surface area (Å²) in [7, 11) is 0. The fourth-order valence-corrected chi connectivity index (χ4v) is 2.52. The first-order valence-corrected chi connectivity index (χ1v) is 7.34. The lowest BCUT2D eigenvalue weighted by Gasteiger charge is -2.17. The summed E-state index contributed by atoms with van der Waals surface area (Å²) in [6.07, 6.45) is -2.61. The highest BCUT2D eigenvalue weighted by atomic mass is 127. The Bertz CT molecular complexity index is 516. The molecule has 2 rings (SSSR count). The molecule has 3 N–H and O–H groups in total. The molecule has 1 fully saturated rings. The SMILES string of the molecule is CCc1ccc(NC(N)=NC2CCN(CC(F)(F)F)C2)cc1.I. The number of likely N-dealkylation sites (tertiary alicyclic amines) is 1. The normalized spacial score (nSPS) is 19.5. The maximum absolute atomic E-state index is 12.3. The maximum atomic E-state index is 12.3. The predicted molar refractivity (Wildman–Crippen MR) is 97.4 cm³/mol. The van der Waals surface area contributed by atoms with Crippen LogP contribution < -0.4 is 11.1 Å². The quantitative estimate of drug-likeness (QED) is 0.428. The second-order valence-corrected chi connectivity index (χ2v) is 5.48. The molecule has 0 amide bonds. The Morgan fingerprint density at radius 3 is 2.57 bits per heavy atom. The van der Waals surface area contributed by atoms with Crippen LogP contribution >= 0.6 is 24.0 Å². The van der Waals surface area contributed by atoms with Crippen molar-refractivity contribution in [2.75, 3.05) is 25.0 Å². The van der Waals surface area contributed by atoms with E-state index in [4.69, 9.17) is 5.73 Å². The van der Waals surface area contributed by atoms with E-state index in [1.165, 1.54) is 10.5 Å². The van der Waals surface area contributed by atoms with Crippen molar-refractivity contribution < 1.29 is 13.2 Å². The van der Waals surface area contributed by atoms with Gasteiger partial charge in [0.25, 0.3) is 0 Å². The molecule has 4 nitrogen and oxygen atoms in total. The molecular formula is C15H22F3IN4. The van der Waals surface area contributed by atoms with Gasteiger partial charge in [0.1, 0.15) is 0 Å². The molecule has 1 saturated heterocycles. The van der Waals surface area contributed by atoms with E-state index in [0.717, 1.165) is 12.1 Å². The molecule has 0 saturated carbocycles. The van der Waals surface area contributed by atoms with Gasteiger partial charge >= 0.3 is 6.18 Å². The summed E-state index contributed by atoms with van der Waals surface area (Å²) in [5.74, 6) is 0.239. The zero-order chi connectivity index (χ0) is 16.2. The van der Waals surface area contributed by atoms with Crippen LogP contribution in [0.2, 0.25) is 0 Å². The number of aliphatic imine (C=N–C) groups is 1. The van der Waals surface area contributed by atoms with Crippen LogP contribution in [-0.4, -0.2) is 42.7 Å². The molecule has 1 aliphatic rings. The molecule has 1 aromatic rings. The number of anilines is 1. The Morgan fingerprint density at radius 2 is 2.00 bits per heavy atom. The van der Waals surface area contributed by atoms with Gasteiger partial charge in [-0.15, -0.1) is 24.0 Å². The largest absolute Gasteiger partial charge is 0.401 e. The van der Waals surface area contributed by atoms with E-state index in [0.29, 0.717) is 13.0 Å². The molecule has 1 aliphatic heterocycles. The summed E-state index contributed by atoms with van der Waals surface area (Å²) >= 11 is 0. The second kappa shape index (κ2) is 8.72. The number of benzene rings is 1. The van der Waals surface area contributed by atoms with Crippen LogP contribution in [0.5, 0.6) is 0 Å². The molecule has 1 aromatic carbocycles. The molecule has 1 atom stereocenters. The summed E-state index contributed by atoms with van der Waals surface area (Å²) in [6.45, 7) is 1.87. The second-order valence-electron chi connectivity index (χ2n) is 5.48. The van der Waals surface area contributed by atoms with Crippen LogP contribution in [-0.2, 0) is 6.42 Å². The first-order valence-electron chi connectivity index (χ1n) is 7.34. The predicted octanol–water partition coefficient (Wildman–Crippen LogP) is 3.23. The average Bonchev–Trinajstić information content (AvgIpc) is 2.84. The summed E-state index contributed by atoms with van der Waals surface area (Å²) < 4.78 is 37.0. The Hall–Kier alpha value is -1.03. The monoisotopic (exact) mass is 442 g/mol. The molecule has 130 valence electrons. The molecule has 0 bridgehead atoms. The molecule has 1 unspecified atom stereocenters. The lowest BCUT2D eigenvalue weighted by atomic mass is 10.1. The molecule has 0 spiro atoms. The lowest BCUT2D eigenvalue weighted by molar-refractivity contribution is -0.143. The van der Waals surface area contributed by atoms with Gasteiger partial charge in [-0.25, -0.2) is 4.99 Å². The van der Waals surface area contributed by atoms with Gasteiger partial charge in [-0.2, -0.15) is 13.2 Å². The maximum Gasteiger partial charge on any atom is 0.401 e. The number of nitrogens with two attached hydrogens (primary N) is 1. The minimum absolute atomic E-state index is 0. The minimum atomic E-state index is -4.16. The van der Waals surface area contributed by atoms with E-state index >= 15 is 0 Å². The van der Waals surface area contributed by atoms with Crippen molar-refractivity contribution in [3.05, 3.63) is 29.8 Å². The third-order valence-electron chi connectivity index (χ3n) is 3.61. The van der Waals surface area contributed by atoms with Crippen molar-refractivity contribution in [2.24, 2.45) is 10.7 Å². The van der Waals surface area contributed by atoms with Crippen molar-refractivity contribution in [2.45, 2.75) is 32.0 Å². The number of halogens is 4. The Labute approximate surface area is 151 Å². The van der Waals surface area contributed by atoms with Gasteiger partial charge in [-0.3, -0.25) is 4.90 Å². The van der Waals surface area contributed by atoms with Gasteiger partial charge in [0, 0.05) is 18.8 Å². The number of guanidine groups is 1. The Morgan fingerprint density at radius 1 is 1.35 bits per heavy atom. The molecule has 0 aliphatic carbocycles. The first-order chi connectivity index (χ1) is 10.4. The van der Waals surface area contributed by atoms with Crippen molar-refractivity contribution in [1.82, 2.24) is 4.90 Å². The third kappa shape index (κ3) is 6.94. The summed E-state index contributed by atoms with van der Waals surface area (Å²) in [6, 6.07) is 7.62. The van der Waals surface area contributed by atoms with Gasteiger partial charge in [0.05, 0.1) is 12.6 Å². The molecule has 8 heteroatoms. The highest BCUT2D eigenvalue weighted by Gasteiger charge is 2.34. The molecule has 0 radical (unpaired) electrons. The van der Waals surface area contributed by atoms with E-state index in [-0.39, 0.29) is 42.5 Å². The van der Waals surface area contributed by atoms with Crippen LogP contribution in [0.3, 0.4) is 0 Å². The fraction of sp³-hybridized carbons (Fsp3) is 0.533. The number of aryl methyl sites for hydroxylation is 1. The molecule has 1 heterocycles. The van der Waals surface area contributed by atoms with Crippen molar-refractivity contribution in [1.29, 1.82) is 0 Å². The van der Waals surface area contributed by atoms with Crippen LogP contribution in [0.1, 0.15) is 18.9 Å². The summed E-state index contributed by atoms with van der Waals surface area (Å²) in [5.41, 5.74) is 7.87. The molecule has 0 aromatic heterocycles. The van der Waals surface area contributed by atoms with Crippen LogP contribution in [0.15, 0.2) is 29.3 Å². The highest BCUT2D eigenvalue weighted by molar-refractivity contribution is 14.0. The van der Waals surface area contributed by atoms with Crippen LogP contribution in [0, 0.1) is 0 Å². The fourth-order valence-electron chi connectivity index (χ4n) is 2.52. The smallest absolute Gasteiger partial charge is 0.370 e. The van der Waals surface area contributed by atoms with Gasteiger partial charge in [-0.1, -0.05) is 19.1 Å². The summed E-state index contributed by atoms with van der Waals surface area (Å²) in [5, 5.41) is 2.97. The van der Waals surface area contributed by atoms with E-state index in [9.17, 15) is 13.2 Å². The van der Waals surface area contributed by atoms with E-state index in [2.05, 4.69) is 17.2 Å². The topological polar surface area (TPSA) is 53.6 Å². The third-order valence-corrected chi connectivity index (χ3v) is 3.61. The van der Waals surface area contributed by atoms with Crippen molar-refractivity contribution in [3.8, 4) is 0 Å². The first kappa shape index (κ1) is 20.0. The van der Waals surface area contributed by atoms with Gasteiger partial charge in [0.15, 0.2) is 5.96 Å². The number of nitrogens with one attached hydrogen (secondary N) is 1. The zero-order valence-electron chi connectivity index (χ0n) is 12.9. The Balaban J connectivity index is 0.00000264. The van der Waals surface area contributed by atoms with Crippen LogP contribution in [0.4, 0.5) is 18.9 Å². The lowest BCUT2D eigenvalue weighted by Crippen LogP contribution is -2.33. The van der Waals surface area contributed by atoms with E-state index in [1.807, 2.05) is 24.3 Å². The van der Waals surface area contributed by atoms with E-state index < -0.39 is 12.7 Å². The average molecular weight is 442 g/mol. The Kier molecular flexibility index (Phi) is 7.59. The minimum Gasteiger partial charge on any atom is -0.370 e. The van der Waals surface area contributed by atoms with Crippen molar-refractivity contribution in [3.63, 3.8) is 0 Å². The number of alkyl halides is 3. The zero-order valence-corrected chi connectivity index (χ0v) is 15.3. The number of rotatable bonds is 4. The highest BCUT2D eigenvalue weighted by Crippen LogP contribution is 2.21.